The Balaban J connectivity index is 1.70. The van der Waals surface area contributed by atoms with Crippen LogP contribution in [0.15, 0.2) is 0 Å². The van der Waals surface area contributed by atoms with E-state index in [1.807, 2.05) is 0 Å². The van der Waals surface area contributed by atoms with Gasteiger partial charge in [-0.1, -0.05) is 13.8 Å². The van der Waals surface area contributed by atoms with Crippen LogP contribution in [0.25, 0.3) is 0 Å². The molecule has 2 aliphatic rings. The monoisotopic (exact) mass is 254 g/mol. The molecular formula is C15H30N2O. The quantitative estimate of drug-likeness (QED) is 0.788. The zero-order valence-electron chi connectivity index (χ0n) is 12.2. The van der Waals surface area contributed by atoms with Crippen LogP contribution in [0, 0.1) is 0 Å². The molecular weight excluding hydrogens is 224 g/mol. The van der Waals surface area contributed by atoms with Crippen LogP contribution in [0.3, 0.4) is 0 Å². The van der Waals surface area contributed by atoms with Gasteiger partial charge in [0.15, 0.2) is 0 Å². The van der Waals surface area contributed by atoms with Crippen molar-refractivity contribution in [2.24, 2.45) is 0 Å². The Morgan fingerprint density at radius 3 is 2.83 bits per heavy atom. The first-order chi connectivity index (χ1) is 8.83. The maximum Gasteiger partial charge on any atom is 0.0576 e. The van der Waals surface area contributed by atoms with Crippen LogP contribution < -0.4 is 5.32 Å². The summed E-state index contributed by atoms with van der Waals surface area (Å²) in [5, 5.41) is 3.66. The van der Waals surface area contributed by atoms with Crippen molar-refractivity contribution < 1.29 is 4.74 Å². The average Bonchev–Trinajstić information content (AvgIpc) is 2.92. The van der Waals surface area contributed by atoms with Crippen molar-refractivity contribution in [2.75, 3.05) is 26.2 Å². The molecule has 0 saturated carbocycles. The smallest absolute Gasteiger partial charge is 0.0576 e. The molecule has 0 aromatic heterocycles. The van der Waals surface area contributed by atoms with Crippen LogP contribution in [0.1, 0.15) is 52.4 Å². The third-order valence-corrected chi connectivity index (χ3v) is 4.57. The molecule has 106 valence electrons. The van der Waals surface area contributed by atoms with Gasteiger partial charge in [-0.3, -0.25) is 4.90 Å². The Morgan fingerprint density at radius 2 is 2.17 bits per heavy atom. The summed E-state index contributed by atoms with van der Waals surface area (Å²) in [6, 6.07) is 1.45. The second-order valence-corrected chi connectivity index (χ2v) is 5.85. The van der Waals surface area contributed by atoms with Gasteiger partial charge >= 0.3 is 0 Å². The van der Waals surface area contributed by atoms with E-state index in [9.17, 15) is 0 Å². The van der Waals surface area contributed by atoms with Gasteiger partial charge in [-0.05, 0) is 45.1 Å². The van der Waals surface area contributed by atoms with Crippen molar-refractivity contribution >= 4 is 0 Å². The Morgan fingerprint density at radius 1 is 1.28 bits per heavy atom. The third kappa shape index (κ3) is 3.94. The number of ether oxygens (including phenoxy) is 1. The third-order valence-electron chi connectivity index (χ3n) is 4.57. The van der Waals surface area contributed by atoms with Gasteiger partial charge in [0, 0.05) is 31.8 Å². The Hall–Kier alpha value is -0.120. The zero-order valence-corrected chi connectivity index (χ0v) is 12.2. The molecule has 0 aliphatic carbocycles. The molecule has 3 unspecified atom stereocenters. The molecule has 0 aromatic rings. The van der Waals surface area contributed by atoms with Crippen molar-refractivity contribution in [2.45, 2.75) is 70.6 Å². The molecule has 3 heteroatoms. The molecule has 2 saturated heterocycles. The second-order valence-electron chi connectivity index (χ2n) is 5.85. The van der Waals surface area contributed by atoms with Crippen LogP contribution in [0.4, 0.5) is 0 Å². The minimum atomic E-state index is 0.565. The highest BCUT2D eigenvalue weighted by Crippen LogP contribution is 2.18. The molecule has 0 spiro atoms. The summed E-state index contributed by atoms with van der Waals surface area (Å²) in [5.41, 5.74) is 0. The van der Waals surface area contributed by atoms with E-state index in [0.717, 1.165) is 12.6 Å². The number of piperazine rings is 1. The fourth-order valence-electron chi connectivity index (χ4n) is 3.27. The molecule has 0 aromatic carbocycles. The first-order valence-electron chi connectivity index (χ1n) is 7.92. The van der Waals surface area contributed by atoms with E-state index >= 15 is 0 Å². The summed E-state index contributed by atoms with van der Waals surface area (Å²) in [5.74, 6) is 0. The second kappa shape index (κ2) is 7.46. The van der Waals surface area contributed by atoms with E-state index in [2.05, 4.69) is 24.1 Å². The lowest BCUT2D eigenvalue weighted by atomic mass is 10.0. The summed E-state index contributed by atoms with van der Waals surface area (Å²) in [4.78, 5) is 2.71. The predicted octanol–water partition coefficient (Wildman–Crippen LogP) is 2.41. The molecule has 2 fully saturated rings. The number of hydrogen-bond acceptors (Lipinski definition) is 3. The molecule has 2 heterocycles. The van der Waals surface area contributed by atoms with E-state index in [4.69, 9.17) is 4.74 Å². The lowest BCUT2D eigenvalue weighted by molar-refractivity contribution is 0.0867. The van der Waals surface area contributed by atoms with Gasteiger partial charge in [-0.25, -0.2) is 0 Å². The fourth-order valence-corrected chi connectivity index (χ4v) is 3.27. The molecule has 3 atom stereocenters. The van der Waals surface area contributed by atoms with E-state index in [-0.39, 0.29) is 0 Å². The van der Waals surface area contributed by atoms with Gasteiger partial charge in [0.05, 0.1) is 6.10 Å². The van der Waals surface area contributed by atoms with Crippen LogP contribution in [-0.4, -0.2) is 49.3 Å². The Labute approximate surface area is 112 Å². The van der Waals surface area contributed by atoms with Gasteiger partial charge in [0.1, 0.15) is 0 Å². The first-order valence-corrected chi connectivity index (χ1v) is 7.92. The summed E-state index contributed by atoms with van der Waals surface area (Å²) >= 11 is 0. The van der Waals surface area contributed by atoms with Crippen LogP contribution >= 0.6 is 0 Å². The Bertz CT molecular complexity index is 229. The minimum Gasteiger partial charge on any atom is -0.378 e. The van der Waals surface area contributed by atoms with Crippen molar-refractivity contribution in [1.29, 1.82) is 0 Å². The number of rotatable bonds is 6. The van der Waals surface area contributed by atoms with Crippen LogP contribution in [0.5, 0.6) is 0 Å². The summed E-state index contributed by atoms with van der Waals surface area (Å²) in [6.07, 6.45) is 8.20. The maximum absolute atomic E-state index is 5.71. The van der Waals surface area contributed by atoms with E-state index < -0.39 is 0 Å². The first kappa shape index (κ1) is 14.3. The van der Waals surface area contributed by atoms with Crippen molar-refractivity contribution in [3.8, 4) is 0 Å². The number of nitrogens with zero attached hydrogens (tertiary/aromatic N) is 1. The van der Waals surface area contributed by atoms with Gasteiger partial charge in [0.25, 0.3) is 0 Å². The summed E-state index contributed by atoms with van der Waals surface area (Å²) in [7, 11) is 0. The molecule has 2 rings (SSSR count). The van der Waals surface area contributed by atoms with E-state index in [1.165, 1.54) is 58.2 Å². The SMILES string of the molecule is CCC1CN(CCCC2CCCO2)C(CC)CN1. The predicted molar refractivity (Wildman–Crippen MR) is 75.9 cm³/mol. The molecule has 18 heavy (non-hydrogen) atoms. The molecule has 1 N–H and O–H groups in total. The molecule has 0 amide bonds. The molecule has 0 radical (unpaired) electrons. The lowest BCUT2D eigenvalue weighted by Gasteiger charge is -2.40. The van der Waals surface area contributed by atoms with Gasteiger partial charge in [-0.15, -0.1) is 0 Å². The lowest BCUT2D eigenvalue weighted by Crippen LogP contribution is -2.56. The standard InChI is InChI=1S/C15H30N2O/c1-3-13-12-17(14(4-2)11-16-13)9-5-7-15-8-6-10-18-15/h13-16H,3-12H2,1-2H3. The average molecular weight is 254 g/mol. The van der Waals surface area contributed by atoms with Crippen molar-refractivity contribution in [1.82, 2.24) is 10.2 Å². The minimum absolute atomic E-state index is 0.565. The summed E-state index contributed by atoms with van der Waals surface area (Å²) in [6.45, 7) is 9.26. The van der Waals surface area contributed by atoms with Gasteiger partial charge < -0.3 is 10.1 Å². The van der Waals surface area contributed by atoms with Crippen molar-refractivity contribution in [3.05, 3.63) is 0 Å². The van der Waals surface area contributed by atoms with E-state index in [0.29, 0.717) is 12.1 Å². The van der Waals surface area contributed by atoms with Crippen LogP contribution in [0.2, 0.25) is 0 Å². The highest BCUT2D eigenvalue weighted by atomic mass is 16.5. The molecule has 2 aliphatic heterocycles. The van der Waals surface area contributed by atoms with Crippen LogP contribution in [-0.2, 0) is 4.74 Å². The highest BCUT2D eigenvalue weighted by Gasteiger charge is 2.25. The van der Waals surface area contributed by atoms with Gasteiger partial charge in [-0.2, -0.15) is 0 Å². The molecule has 3 nitrogen and oxygen atoms in total. The van der Waals surface area contributed by atoms with Gasteiger partial charge in [0.2, 0.25) is 0 Å². The topological polar surface area (TPSA) is 24.5 Å². The normalized spacial score (nSPS) is 34.0. The largest absolute Gasteiger partial charge is 0.378 e. The van der Waals surface area contributed by atoms with Crippen molar-refractivity contribution in [3.63, 3.8) is 0 Å². The number of hydrogen-bond donors (Lipinski definition) is 1. The Kier molecular flexibility index (Phi) is 5.93. The number of nitrogens with one attached hydrogen (secondary N) is 1. The summed E-state index contributed by atoms with van der Waals surface area (Å²) < 4.78 is 5.71. The fraction of sp³-hybridized carbons (Fsp3) is 1.00. The van der Waals surface area contributed by atoms with E-state index in [1.54, 1.807) is 0 Å². The molecule has 0 bridgehead atoms. The zero-order chi connectivity index (χ0) is 12.8. The maximum atomic E-state index is 5.71. The highest BCUT2D eigenvalue weighted by molar-refractivity contribution is 4.84.